The lowest BCUT2D eigenvalue weighted by Crippen LogP contribution is -2.25. The Bertz CT molecular complexity index is 5930. The Hall–Kier alpha value is -15.4. The number of aliphatic hydroxyl groups is 1. The number of carboxylic acid groups (broad SMARTS) is 2. The molecule has 38 heteroatoms. The lowest BCUT2D eigenvalue weighted by Gasteiger charge is -2.12. The summed E-state index contributed by atoms with van der Waals surface area (Å²) in [4.78, 5) is 92.8. The quantitative estimate of drug-likeness (QED) is 0.0214. The number of aromatic carboxylic acids is 2. The number of ether oxygens (including phenoxy) is 2. The Kier molecular flexibility index (Phi) is 30.2. The fraction of sp³-hybridized carbons (Fsp3) is 0.187. The number of ketones is 2. The highest BCUT2D eigenvalue weighted by atomic mass is 16.7. The van der Waals surface area contributed by atoms with Crippen molar-refractivity contribution in [2.24, 2.45) is 0 Å². The van der Waals surface area contributed by atoms with Crippen molar-refractivity contribution in [1.82, 2.24) is 96.5 Å². The molecule has 0 spiro atoms. The first-order valence-corrected chi connectivity index (χ1v) is 31.7. The fourth-order valence-electron chi connectivity index (χ4n) is 9.61. The van der Waals surface area contributed by atoms with E-state index in [-0.39, 0.29) is 84.7 Å². The summed E-state index contributed by atoms with van der Waals surface area (Å²) in [7, 11) is 2.96. The predicted molar refractivity (Wildman–Crippen MR) is 406 cm³/mol. The van der Waals surface area contributed by atoms with Crippen LogP contribution in [0.5, 0.6) is 0 Å². The number of esters is 2. The Morgan fingerprint density at radius 2 is 0.779 bits per heavy atom. The molecule has 0 saturated heterocycles. The lowest BCUT2D eigenvalue weighted by molar-refractivity contribution is -0.151. The van der Waals surface area contributed by atoms with Crippen LogP contribution in [0.2, 0.25) is 0 Å². The molecule has 16 rings (SSSR count). The van der Waals surface area contributed by atoms with E-state index in [1.54, 1.807) is 97.4 Å². The Labute approximate surface area is 640 Å². The number of hydrogen-bond acceptors (Lipinski definition) is 33. The smallest absolute Gasteiger partial charge is 0.379 e. The number of benzene rings is 6. The van der Waals surface area contributed by atoms with Gasteiger partial charge in [-0.1, -0.05) is 61.4 Å². The summed E-state index contributed by atoms with van der Waals surface area (Å²) in [5, 5.41) is 81.4. The van der Waals surface area contributed by atoms with Crippen molar-refractivity contribution in [1.29, 1.82) is 0 Å². The van der Waals surface area contributed by atoms with Crippen LogP contribution in [0.15, 0.2) is 192 Å². The third-order valence-electron chi connectivity index (χ3n) is 14.9. The summed E-state index contributed by atoms with van der Waals surface area (Å²) in [6.07, 6.45) is 0.798. The number of pyridine rings is 2. The van der Waals surface area contributed by atoms with Crippen molar-refractivity contribution in [2.45, 2.75) is 71.8 Å². The van der Waals surface area contributed by atoms with Gasteiger partial charge in [-0.2, -0.15) is 10.2 Å². The van der Waals surface area contributed by atoms with E-state index in [1.165, 1.54) is 56.1 Å². The average Bonchev–Trinajstić information content (AvgIpc) is 1.40. The molecule has 0 aliphatic carbocycles. The number of carboxylic acids is 2. The van der Waals surface area contributed by atoms with Gasteiger partial charge in [0.1, 0.15) is 72.0 Å². The van der Waals surface area contributed by atoms with Crippen LogP contribution in [0, 0.1) is 13.8 Å². The summed E-state index contributed by atoms with van der Waals surface area (Å²) in [5.74, 6) is -3.97. The van der Waals surface area contributed by atoms with Crippen LogP contribution >= 0.6 is 0 Å². The topological polar surface area (TPSA) is 506 Å². The van der Waals surface area contributed by atoms with Crippen molar-refractivity contribution in [3.8, 4) is 34.2 Å². The van der Waals surface area contributed by atoms with Crippen LogP contribution in [0.1, 0.15) is 127 Å². The molecule has 0 aliphatic rings. The molecule has 0 atom stereocenters. The van der Waals surface area contributed by atoms with E-state index in [4.69, 9.17) is 23.9 Å². The second-order valence-electron chi connectivity index (χ2n) is 22.2. The largest absolute Gasteiger partial charge is 0.507 e. The number of Topliss-reactive ketones (excluding diaryl/α,β-unsaturated/α-hetero) is 1. The summed E-state index contributed by atoms with van der Waals surface area (Å²) >= 11 is 0. The third-order valence-corrected chi connectivity index (χ3v) is 14.9. The van der Waals surface area contributed by atoms with E-state index in [9.17, 15) is 43.8 Å². The summed E-state index contributed by atoms with van der Waals surface area (Å²) in [5.41, 5.74) is 13.1. The Morgan fingerprint density at radius 3 is 1.18 bits per heavy atom. The number of carbonyl (C=O) groups is 7. The van der Waals surface area contributed by atoms with E-state index in [0.29, 0.717) is 106 Å². The minimum Gasteiger partial charge on any atom is -0.507 e. The first-order chi connectivity index (χ1) is 52.1. The molecule has 16 aromatic rings. The fourth-order valence-corrected chi connectivity index (χ4v) is 9.61. The van der Waals surface area contributed by atoms with Crippen LogP contribution in [0.3, 0.4) is 0 Å². The van der Waals surface area contributed by atoms with Gasteiger partial charge in [0.15, 0.2) is 28.8 Å². The zero-order valence-electron chi connectivity index (χ0n) is 57.4. The monoisotopic (exact) mass is 1550 g/mol. The molecule has 0 saturated carbocycles. The number of nitrogens with zero attached hydrogens (tertiary/aromatic N) is 19. The maximum Gasteiger partial charge on any atom is 0.379 e. The van der Waals surface area contributed by atoms with Gasteiger partial charge in [-0.15, -0.1) is 0 Å². The molecule has 3 N–H and O–H groups in total. The predicted octanol–water partition coefficient (Wildman–Crippen LogP) is 13.1. The SMILES string of the molecule is C.C.C.C.C.CC(=O)c1ccc2nonc2c1.CCOC(=O)C(=O)C=C(O)c1ccc2nonc2c1.CCOC(=O)c1cc(-c2ccc3nonc3c2)n(-c2cccc(C)n2)n1.CON(C)C(=O)c1ccc2nonc2c1.Cc1cccc(-n2nc(C(=O)O)cc2-c2ccc3nonc3c2)n1.O=C(O)c1ccc2nonc2c1. The molecule has 10 aromatic heterocycles. The summed E-state index contributed by atoms with van der Waals surface area (Å²) in [6, 6.07) is 44.0. The Balaban J connectivity index is 0.000000214. The maximum atomic E-state index is 12.2. The first kappa shape index (κ1) is 86.5. The van der Waals surface area contributed by atoms with Crippen LogP contribution in [0.25, 0.3) is 106 Å². The maximum absolute atomic E-state index is 12.2. The highest BCUT2D eigenvalue weighted by Crippen LogP contribution is 2.29. The highest BCUT2D eigenvalue weighted by molar-refractivity contribution is 6.39. The van der Waals surface area contributed by atoms with Gasteiger partial charge in [0.25, 0.3) is 11.7 Å². The number of aliphatic hydroxyl groups excluding tert-OH is 1. The number of aromatic nitrogens is 18. The zero-order valence-corrected chi connectivity index (χ0v) is 57.4. The second kappa shape index (κ2) is 39.5. The number of aryl methyl sites for hydroxylation is 2. The molecule has 0 fully saturated rings. The summed E-state index contributed by atoms with van der Waals surface area (Å²) < 4.78 is 40.1. The van der Waals surface area contributed by atoms with Crippen LogP contribution in [0.4, 0.5) is 0 Å². The molecule has 1 amide bonds. The van der Waals surface area contributed by atoms with Crippen molar-refractivity contribution < 1.29 is 91.0 Å². The molecule has 10 heterocycles. The van der Waals surface area contributed by atoms with Crippen molar-refractivity contribution >= 4 is 113 Å². The molecule has 6 aromatic carbocycles. The number of amides is 1. The standard InChI is InChI=1S/C18H15N5O3.C16H11N5O3.C12H10N2O5.C9H9N3O3.C8H6N2O2.C7H4N2O3.5CH4/c1-3-25-18(24)15-10-16(12-7-8-13-14(9-12)22-26-21-13)23(20-15)17-6-4-5-11(2)19-17;1-9-3-2-4-15(17-9)21-14(8-13(18-21)16(22)23)10-5-6-11-12(7-10)20-24-19-11;1-2-18-12(17)11(16)6-10(15)7-3-4-8-9(5-7)14-19-13-8;1-12(14-2)9(13)6-3-4-7-8(5-6)11-15-10-7;1-5(11)6-2-3-7-8(4-6)10-12-9-7;10-7(11)4-1-2-5-6(3-4)9-12-8-5;;;;;/h4-10H,3H2,1-2H3;2-8H,1H3,(H,22,23);3-6,15H,2H2,1H3;3-5H,1-2H3;2-4H,1H3;1-3H,(H,10,11);5*1H4. The lowest BCUT2D eigenvalue weighted by atomic mass is 10.1. The van der Waals surface area contributed by atoms with E-state index < -0.39 is 29.7 Å². The van der Waals surface area contributed by atoms with E-state index >= 15 is 0 Å². The highest BCUT2D eigenvalue weighted by Gasteiger charge is 2.22. The van der Waals surface area contributed by atoms with Crippen molar-refractivity contribution in [3.63, 3.8) is 0 Å². The van der Waals surface area contributed by atoms with Gasteiger partial charge in [-0.25, -0.2) is 71.3 Å². The number of hydrogen-bond donors (Lipinski definition) is 3. The molecule has 584 valence electrons. The van der Waals surface area contributed by atoms with E-state index in [2.05, 4.69) is 105 Å². The molecular formula is C75H75N19O19. The molecule has 0 bridgehead atoms. The molecule has 0 aliphatic heterocycles. The summed E-state index contributed by atoms with van der Waals surface area (Å²) in [6.45, 7) is 8.97. The normalized spacial score (nSPS) is 10.4. The van der Waals surface area contributed by atoms with Crippen LogP contribution in [-0.2, 0) is 23.9 Å². The minimum absolute atomic E-state index is 0. The molecule has 38 nitrogen and oxygen atoms in total. The Morgan fingerprint density at radius 1 is 0.425 bits per heavy atom. The first-order valence-electron chi connectivity index (χ1n) is 31.7. The molecule has 0 unspecified atom stereocenters. The number of fused-ring (bicyclic) bond motifs is 6. The average molecular weight is 1550 g/mol. The molecular weight excluding hydrogens is 1470 g/mol. The zero-order chi connectivity index (χ0) is 76.5. The third kappa shape index (κ3) is 21.1. The number of rotatable bonds is 15. The van der Waals surface area contributed by atoms with Crippen molar-refractivity contribution in [3.05, 3.63) is 209 Å². The van der Waals surface area contributed by atoms with Crippen LogP contribution < -0.4 is 0 Å². The minimum atomic E-state index is -1.10. The van der Waals surface area contributed by atoms with Gasteiger partial charge in [0.2, 0.25) is 0 Å². The van der Waals surface area contributed by atoms with Gasteiger partial charge in [-0.05, 0) is 230 Å². The molecule has 113 heavy (non-hydrogen) atoms. The molecule has 0 radical (unpaired) electrons. The van der Waals surface area contributed by atoms with E-state index in [0.717, 1.165) is 33.7 Å². The van der Waals surface area contributed by atoms with Gasteiger partial charge >= 0.3 is 23.9 Å². The second-order valence-corrected chi connectivity index (χ2v) is 22.2. The number of hydroxylamine groups is 2. The van der Waals surface area contributed by atoms with Crippen molar-refractivity contribution in [2.75, 3.05) is 27.4 Å². The van der Waals surface area contributed by atoms with Crippen LogP contribution in [-0.4, -0.2) is 181 Å². The van der Waals surface area contributed by atoms with Gasteiger partial charge < -0.3 is 24.8 Å². The number of carbonyl (C=O) groups excluding carboxylic acids is 5. The van der Waals surface area contributed by atoms with E-state index in [1.807, 2.05) is 62.4 Å². The van der Waals surface area contributed by atoms with Gasteiger partial charge in [0, 0.05) is 52.3 Å². The van der Waals surface area contributed by atoms with Gasteiger partial charge in [0.05, 0.1) is 37.3 Å². The van der Waals surface area contributed by atoms with Gasteiger partial charge in [-0.3, -0.25) is 19.2 Å².